The molecule has 35 heavy (non-hydrogen) atoms. The highest BCUT2D eigenvalue weighted by molar-refractivity contribution is 5.97. The molecule has 9 heteroatoms. The lowest BCUT2D eigenvalue weighted by Gasteiger charge is -2.27. The normalized spacial score (nSPS) is 13.5. The van der Waals surface area contributed by atoms with Crippen molar-refractivity contribution in [1.82, 2.24) is 15.8 Å². The fourth-order valence-corrected chi connectivity index (χ4v) is 4.23. The lowest BCUT2D eigenvalue weighted by Crippen LogP contribution is -2.49. The van der Waals surface area contributed by atoms with Crippen LogP contribution in [0.5, 0.6) is 0 Å². The third-order valence-corrected chi connectivity index (χ3v) is 6.02. The summed E-state index contributed by atoms with van der Waals surface area (Å²) in [6.07, 6.45) is 0.449. The molecular weight excluding hydrogens is 450 g/mol. The molecule has 0 unspecified atom stereocenters. The molecule has 9 nitrogen and oxygen atoms in total. The molecule has 2 amide bonds. The molecule has 1 aromatic heterocycles. The Morgan fingerprint density at radius 2 is 1.66 bits per heavy atom. The first kappa shape index (κ1) is 24.0. The van der Waals surface area contributed by atoms with Crippen molar-refractivity contribution in [2.24, 2.45) is 5.41 Å². The van der Waals surface area contributed by atoms with Crippen molar-refractivity contribution in [2.75, 3.05) is 6.61 Å². The Labute approximate surface area is 202 Å². The Morgan fingerprint density at radius 1 is 1.06 bits per heavy atom. The van der Waals surface area contributed by atoms with Gasteiger partial charge in [-0.2, -0.15) is 0 Å². The quantitative estimate of drug-likeness (QED) is 0.470. The number of carbonyl (C=O) groups excluding carboxylic acids is 2. The van der Waals surface area contributed by atoms with E-state index in [0.29, 0.717) is 0 Å². The van der Waals surface area contributed by atoms with E-state index in [-0.39, 0.29) is 30.3 Å². The van der Waals surface area contributed by atoms with Crippen molar-refractivity contribution in [1.29, 1.82) is 0 Å². The topological polar surface area (TPSA) is 131 Å². The van der Waals surface area contributed by atoms with Crippen LogP contribution in [0, 0.1) is 5.41 Å². The first-order valence-corrected chi connectivity index (χ1v) is 11.2. The van der Waals surface area contributed by atoms with Gasteiger partial charge in [-0.1, -0.05) is 74.5 Å². The van der Waals surface area contributed by atoms with Crippen LogP contribution in [0.15, 0.2) is 59.3 Å². The van der Waals surface area contributed by atoms with Crippen molar-refractivity contribution in [3.05, 3.63) is 77.2 Å². The Kier molecular flexibility index (Phi) is 6.59. The van der Waals surface area contributed by atoms with E-state index in [1.165, 1.54) is 0 Å². The monoisotopic (exact) mass is 477 g/mol. The molecule has 0 saturated heterocycles. The predicted octanol–water partition coefficient (Wildman–Crippen LogP) is 3.94. The Morgan fingerprint density at radius 3 is 2.23 bits per heavy atom. The SMILES string of the molecule is CC(C)(C)[C@@H](NC(=O)c1conc1CNC(=O)OCC1c2ccccc2-c2ccccc21)C(=O)O. The molecule has 0 saturated carbocycles. The van der Waals surface area contributed by atoms with Crippen LogP contribution in [-0.2, 0) is 16.1 Å². The second-order valence-electron chi connectivity index (χ2n) is 9.46. The lowest BCUT2D eigenvalue weighted by atomic mass is 9.86. The van der Waals surface area contributed by atoms with Gasteiger partial charge in [0.1, 0.15) is 30.2 Å². The summed E-state index contributed by atoms with van der Waals surface area (Å²) in [5.74, 6) is -1.88. The number of fused-ring (bicyclic) bond motifs is 3. The van der Waals surface area contributed by atoms with Gasteiger partial charge in [0.15, 0.2) is 0 Å². The van der Waals surface area contributed by atoms with Crippen LogP contribution >= 0.6 is 0 Å². The zero-order valence-electron chi connectivity index (χ0n) is 19.7. The first-order valence-electron chi connectivity index (χ1n) is 11.2. The van der Waals surface area contributed by atoms with Crippen molar-refractivity contribution < 1.29 is 28.8 Å². The van der Waals surface area contributed by atoms with Crippen LogP contribution in [0.2, 0.25) is 0 Å². The maximum Gasteiger partial charge on any atom is 0.407 e. The summed E-state index contributed by atoms with van der Waals surface area (Å²) in [7, 11) is 0. The minimum atomic E-state index is -1.15. The second-order valence-corrected chi connectivity index (χ2v) is 9.46. The van der Waals surface area contributed by atoms with E-state index in [9.17, 15) is 19.5 Å². The van der Waals surface area contributed by atoms with E-state index < -0.39 is 29.4 Å². The Hall–Kier alpha value is -4.14. The number of aliphatic carboxylic acids is 1. The summed E-state index contributed by atoms with van der Waals surface area (Å²) >= 11 is 0. The number of rotatable bonds is 7. The summed E-state index contributed by atoms with van der Waals surface area (Å²) in [6, 6.07) is 14.9. The lowest BCUT2D eigenvalue weighted by molar-refractivity contribution is -0.142. The standard InChI is InChI=1S/C26H27N3O6/c1-26(2,3)22(24(31)32)28-23(30)20-14-35-29-21(20)12-27-25(33)34-13-19-17-10-6-4-8-15(17)16-9-5-7-11-18(16)19/h4-11,14,19,22H,12-13H2,1-3H3,(H,27,33)(H,28,30)(H,31,32)/t22-/m0/s1. The number of amides is 2. The smallest absolute Gasteiger partial charge is 0.407 e. The number of carbonyl (C=O) groups is 3. The molecule has 1 aliphatic rings. The van der Waals surface area contributed by atoms with E-state index >= 15 is 0 Å². The number of hydrogen-bond acceptors (Lipinski definition) is 6. The zero-order valence-corrected chi connectivity index (χ0v) is 19.7. The molecule has 182 valence electrons. The number of nitrogens with zero attached hydrogens (tertiary/aromatic N) is 1. The molecule has 0 radical (unpaired) electrons. The van der Waals surface area contributed by atoms with Gasteiger partial charge in [0.25, 0.3) is 5.91 Å². The fourth-order valence-electron chi connectivity index (χ4n) is 4.23. The summed E-state index contributed by atoms with van der Waals surface area (Å²) in [5, 5.41) is 18.3. The van der Waals surface area contributed by atoms with Crippen molar-refractivity contribution in [3.8, 4) is 11.1 Å². The largest absolute Gasteiger partial charge is 0.480 e. The Bertz CT molecular complexity index is 1210. The van der Waals surface area contributed by atoms with Crippen LogP contribution in [0.1, 0.15) is 53.9 Å². The van der Waals surface area contributed by atoms with Crippen LogP contribution in [0.3, 0.4) is 0 Å². The summed E-state index contributed by atoms with van der Waals surface area (Å²) in [6.45, 7) is 5.15. The minimum absolute atomic E-state index is 0.0412. The maximum atomic E-state index is 12.6. The number of benzene rings is 2. The van der Waals surface area contributed by atoms with E-state index in [2.05, 4.69) is 27.9 Å². The molecule has 0 bridgehead atoms. The van der Waals surface area contributed by atoms with Crippen molar-refractivity contribution in [2.45, 2.75) is 39.3 Å². The van der Waals surface area contributed by atoms with E-state index in [1.807, 2.05) is 36.4 Å². The summed E-state index contributed by atoms with van der Waals surface area (Å²) < 4.78 is 10.4. The van der Waals surface area contributed by atoms with Gasteiger partial charge in [0.05, 0.1) is 6.54 Å². The van der Waals surface area contributed by atoms with Gasteiger partial charge in [-0.3, -0.25) is 4.79 Å². The molecule has 0 fully saturated rings. The van der Waals surface area contributed by atoms with Gasteiger partial charge in [-0.25, -0.2) is 9.59 Å². The molecule has 4 rings (SSSR count). The second kappa shape index (κ2) is 9.61. The van der Waals surface area contributed by atoms with Crippen LogP contribution in [0.25, 0.3) is 11.1 Å². The predicted molar refractivity (Wildman–Crippen MR) is 127 cm³/mol. The number of carboxylic acids is 1. The van der Waals surface area contributed by atoms with Gasteiger partial charge in [0, 0.05) is 5.92 Å². The molecule has 3 N–H and O–H groups in total. The van der Waals surface area contributed by atoms with Crippen molar-refractivity contribution >= 4 is 18.0 Å². The molecule has 0 aliphatic heterocycles. The number of aromatic nitrogens is 1. The summed E-state index contributed by atoms with van der Waals surface area (Å²) in [5.41, 5.74) is 3.95. The van der Waals surface area contributed by atoms with Gasteiger partial charge in [0.2, 0.25) is 0 Å². The molecule has 1 aliphatic carbocycles. The maximum absolute atomic E-state index is 12.6. The summed E-state index contributed by atoms with van der Waals surface area (Å²) in [4.78, 5) is 36.6. The molecule has 3 aromatic rings. The number of ether oxygens (including phenoxy) is 1. The minimum Gasteiger partial charge on any atom is -0.480 e. The van der Waals surface area contributed by atoms with Gasteiger partial charge >= 0.3 is 12.1 Å². The van der Waals surface area contributed by atoms with Crippen molar-refractivity contribution in [3.63, 3.8) is 0 Å². The van der Waals surface area contributed by atoms with Crippen LogP contribution in [0.4, 0.5) is 4.79 Å². The van der Waals surface area contributed by atoms with Crippen LogP contribution in [-0.4, -0.2) is 40.9 Å². The molecule has 2 aromatic carbocycles. The molecular formula is C26H27N3O6. The van der Waals surface area contributed by atoms with Crippen LogP contribution < -0.4 is 10.6 Å². The third-order valence-electron chi connectivity index (χ3n) is 6.02. The number of carboxylic acid groups (broad SMARTS) is 1. The van der Waals surface area contributed by atoms with Gasteiger partial charge in [-0.05, 0) is 27.7 Å². The van der Waals surface area contributed by atoms with E-state index in [0.717, 1.165) is 28.5 Å². The van der Waals surface area contributed by atoms with E-state index in [4.69, 9.17) is 9.26 Å². The fraction of sp³-hybridized carbons (Fsp3) is 0.308. The number of nitrogens with one attached hydrogen (secondary N) is 2. The zero-order chi connectivity index (χ0) is 25.2. The molecule has 1 atom stereocenters. The third kappa shape index (κ3) is 5.03. The molecule has 0 spiro atoms. The average molecular weight is 478 g/mol. The Balaban J connectivity index is 1.37. The first-order chi connectivity index (χ1) is 16.7. The average Bonchev–Trinajstić information content (AvgIpc) is 3.41. The number of hydrogen-bond donors (Lipinski definition) is 3. The highest BCUT2D eigenvalue weighted by atomic mass is 16.5. The van der Waals surface area contributed by atoms with Gasteiger partial charge in [-0.15, -0.1) is 0 Å². The van der Waals surface area contributed by atoms with E-state index in [1.54, 1.807) is 20.8 Å². The molecule has 1 heterocycles. The highest BCUT2D eigenvalue weighted by Gasteiger charge is 2.34. The highest BCUT2D eigenvalue weighted by Crippen LogP contribution is 2.44. The van der Waals surface area contributed by atoms with Gasteiger partial charge < -0.3 is 25.0 Å². The number of alkyl carbamates (subject to hydrolysis) is 1.